The van der Waals surface area contributed by atoms with Crippen molar-refractivity contribution in [2.75, 3.05) is 44.1 Å². The fourth-order valence-electron chi connectivity index (χ4n) is 3.69. The van der Waals surface area contributed by atoms with Gasteiger partial charge in [-0.2, -0.15) is 0 Å². The Hall–Kier alpha value is -3.58. The number of anilines is 2. The van der Waals surface area contributed by atoms with Gasteiger partial charge in [0.15, 0.2) is 11.5 Å². The van der Waals surface area contributed by atoms with Crippen LogP contribution in [0.25, 0.3) is 0 Å². The van der Waals surface area contributed by atoms with Crippen LogP contribution in [0.15, 0.2) is 66.9 Å². The van der Waals surface area contributed by atoms with Gasteiger partial charge in [-0.1, -0.05) is 30.3 Å². The number of hydrogen-bond donors (Lipinski definition) is 2. The first-order valence-electron chi connectivity index (χ1n) is 10.2. The fraction of sp³-hybridized carbons (Fsp3) is 0.250. The van der Waals surface area contributed by atoms with E-state index in [1.54, 1.807) is 44.7 Å². The molecule has 0 saturated carbocycles. The summed E-state index contributed by atoms with van der Waals surface area (Å²) in [6, 6.07) is 19.6. The van der Waals surface area contributed by atoms with Crippen molar-refractivity contribution in [3.05, 3.63) is 78.0 Å². The number of methoxy groups -OCH3 is 2. The van der Waals surface area contributed by atoms with Crippen LogP contribution >= 0.6 is 0 Å². The van der Waals surface area contributed by atoms with Crippen LogP contribution in [0.4, 0.5) is 11.5 Å². The van der Waals surface area contributed by atoms with Gasteiger partial charge in [-0.25, -0.2) is 4.98 Å². The maximum Gasteiger partial charge on any atom is 0.257 e. The van der Waals surface area contributed by atoms with Crippen LogP contribution in [0.1, 0.15) is 22.0 Å². The highest BCUT2D eigenvalue weighted by molar-refractivity contribution is 6.04. The van der Waals surface area contributed by atoms with Gasteiger partial charge in [0.05, 0.1) is 19.8 Å². The van der Waals surface area contributed by atoms with E-state index in [1.165, 1.54) is 5.56 Å². The average Bonchev–Trinajstić information content (AvgIpc) is 2.84. The van der Waals surface area contributed by atoms with Gasteiger partial charge in [0.2, 0.25) is 0 Å². The van der Waals surface area contributed by atoms with E-state index < -0.39 is 0 Å². The average molecular weight is 418 g/mol. The molecule has 160 valence electrons. The van der Waals surface area contributed by atoms with Gasteiger partial charge >= 0.3 is 0 Å². The summed E-state index contributed by atoms with van der Waals surface area (Å²) in [5.41, 5.74) is 2.38. The van der Waals surface area contributed by atoms with E-state index in [2.05, 4.69) is 44.8 Å². The van der Waals surface area contributed by atoms with Crippen LogP contribution in [-0.4, -0.2) is 44.7 Å². The van der Waals surface area contributed by atoms with Gasteiger partial charge in [-0.05, 0) is 29.8 Å². The number of pyridine rings is 1. The van der Waals surface area contributed by atoms with Crippen molar-refractivity contribution in [2.24, 2.45) is 0 Å². The molecule has 0 aliphatic carbocycles. The molecule has 31 heavy (non-hydrogen) atoms. The van der Waals surface area contributed by atoms with Gasteiger partial charge < -0.3 is 25.0 Å². The topological polar surface area (TPSA) is 75.7 Å². The molecule has 7 heteroatoms. The Balaban J connectivity index is 1.42. The molecule has 0 bridgehead atoms. The zero-order valence-corrected chi connectivity index (χ0v) is 17.7. The van der Waals surface area contributed by atoms with Crippen molar-refractivity contribution < 1.29 is 14.3 Å². The van der Waals surface area contributed by atoms with Gasteiger partial charge in [0.1, 0.15) is 5.82 Å². The molecule has 1 aliphatic heterocycles. The molecule has 2 N–H and O–H groups in total. The molecule has 2 heterocycles. The summed E-state index contributed by atoms with van der Waals surface area (Å²) in [5.74, 6) is 1.80. The van der Waals surface area contributed by atoms with Crippen LogP contribution in [0, 0.1) is 0 Å². The maximum atomic E-state index is 12.6. The zero-order valence-electron chi connectivity index (χ0n) is 17.7. The van der Waals surface area contributed by atoms with E-state index in [0.29, 0.717) is 22.7 Å². The molecule has 4 rings (SSSR count). The molecular formula is C24H26N4O3. The predicted molar refractivity (Wildman–Crippen MR) is 121 cm³/mol. The van der Waals surface area contributed by atoms with Crippen molar-refractivity contribution in [2.45, 2.75) is 6.04 Å². The van der Waals surface area contributed by atoms with E-state index in [9.17, 15) is 4.79 Å². The number of carbonyl (C=O) groups is 1. The predicted octanol–water partition coefficient (Wildman–Crippen LogP) is 3.50. The quantitative estimate of drug-likeness (QED) is 0.638. The van der Waals surface area contributed by atoms with E-state index >= 15 is 0 Å². The number of aromatic nitrogens is 1. The van der Waals surface area contributed by atoms with Crippen molar-refractivity contribution in [1.29, 1.82) is 0 Å². The second kappa shape index (κ2) is 9.49. The monoisotopic (exact) mass is 418 g/mol. The van der Waals surface area contributed by atoms with Crippen LogP contribution in [-0.2, 0) is 0 Å². The lowest BCUT2D eigenvalue weighted by atomic mass is 10.0. The molecule has 0 unspecified atom stereocenters. The van der Waals surface area contributed by atoms with E-state index in [0.717, 1.165) is 25.5 Å². The highest BCUT2D eigenvalue weighted by atomic mass is 16.5. The smallest absolute Gasteiger partial charge is 0.257 e. The molecule has 1 saturated heterocycles. The number of ether oxygens (including phenoxy) is 2. The SMILES string of the molecule is COc1ccc(NC(=O)c2ccc(N3CCN[C@@H](c4ccccc4)C3)nc2)cc1OC. The van der Waals surface area contributed by atoms with Crippen LogP contribution in [0.3, 0.4) is 0 Å². The third kappa shape index (κ3) is 4.78. The molecule has 1 amide bonds. The Morgan fingerprint density at radius 3 is 2.58 bits per heavy atom. The minimum Gasteiger partial charge on any atom is -0.493 e. The molecule has 3 aromatic rings. The third-order valence-corrected chi connectivity index (χ3v) is 5.35. The highest BCUT2D eigenvalue weighted by Crippen LogP contribution is 2.30. The number of amides is 1. The number of benzene rings is 2. The summed E-state index contributed by atoms with van der Waals surface area (Å²) >= 11 is 0. The molecule has 1 fully saturated rings. The molecular weight excluding hydrogens is 392 g/mol. The number of nitrogens with one attached hydrogen (secondary N) is 2. The minimum atomic E-state index is -0.228. The first-order chi connectivity index (χ1) is 15.2. The lowest BCUT2D eigenvalue weighted by Crippen LogP contribution is -2.46. The normalized spacial score (nSPS) is 15.9. The first-order valence-corrected chi connectivity index (χ1v) is 10.2. The molecule has 7 nitrogen and oxygen atoms in total. The van der Waals surface area contributed by atoms with Gasteiger partial charge in [-0.15, -0.1) is 0 Å². The van der Waals surface area contributed by atoms with Crippen molar-refractivity contribution in [3.8, 4) is 11.5 Å². The summed E-state index contributed by atoms with van der Waals surface area (Å²) in [5, 5.41) is 6.43. The molecule has 0 radical (unpaired) electrons. The highest BCUT2D eigenvalue weighted by Gasteiger charge is 2.21. The molecule has 0 spiro atoms. The Bertz CT molecular complexity index is 1020. The number of piperazine rings is 1. The van der Waals surface area contributed by atoms with Crippen molar-refractivity contribution >= 4 is 17.4 Å². The standard InChI is InChI=1S/C24H26N4O3/c1-30-21-10-9-19(14-22(21)31-2)27-24(29)18-8-11-23(26-15-18)28-13-12-25-20(16-28)17-6-4-3-5-7-17/h3-11,14-15,20,25H,12-13,16H2,1-2H3,(H,27,29)/t20-/m1/s1. The Labute approximate surface area is 182 Å². The first kappa shape index (κ1) is 20.7. The van der Waals surface area contributed by atoms with Crippen LogP contribution in [0.5, 0.6) is 11.5 Å². The maximum absolute atomic E-state index is 12.6. The second-order valence-corrected chi connectivity index (χ2v) is 7.29. The second-order valence-electron chi connectivity index (χ2n) is 7.29. The summed E-state index contributed by atoms with van der Waals surface area (Å²) in [6.45, 7) is 2.57. The molecule has 2 aromatic carbocycles. The lowest BCUT2D eigenvalue weighted by molar-refractivity contribution is 0.102. The van der Waals surface area contributed by atoms with Crippen LogP contribution < -0.4 is 25.0 Å². The van der Waals surface area contributed by atoms with E-state index in [1.807, 2.05) is 12.1 Å². The summed E-state index contributed by atoms with van der Waals surface area (Å²) < 4.78 is 10.5. The number of rotatable bonds is 6. The molecule has 1 aliphatic rings. The van der Waals surface area contributed by atoms with Gasteiger partial charge in [-0.3, -0.25) is 4.79 Å². The van der Waals surface area contributed by atoms with Crippen molar-refractivity contribution in [1.82, 2.24) is 10.3 Å². The summed E-state index contributed by atoms with van der Waals surface area (Å²) in [4.78, 5) is 19.4. The molecule has 1 aromatic heterocycles. The van der Waals surface area contributed by atoms with Gasteiger partial charge in [0.25, 0.3) is 5.91 Å². The van der Waals surface area contributed by atoms with Crippen molar-refractivity contribution in [3.63, 3.8) is 0 Å². The zero-order chi connectivity index (χ0) is 21.6. The lowest BCUT2D eigenvalue weighted by Gasteiger charge is -2.34. The van der Waals surface area contributed by atoms with E-state index in [-0.39, 0.29) is 11.9 Å². The Morgan fingerprint density at radius 1 is 1.06 bits per heavy atom. The third-order valence-electron chi connectivity index (χ3n) is 5.35. The minimum absolute atomic E-state index is 0.228. The number of carbonyl (C=O) groups excluding carboxylic acids is 1. The Kier molecular flexibility index (Phi) is 6.33. The van der Waals surface area contributed by atoms with E-state index in [4.69, 9.17) is 9.47 Å². The summed E-state index contributed by atoms with van der Waals surface area (Å²) in [7, 11) is 3.13. The summed E-state index contributed by atoms with van der Waals surface area (Å²) in [6.07, 6.45) is 1.62. The number of hydrogen-bond acceptors (Lipinski definition) is 6. The Morgan fingerprint density at radius 2 is 1.87 bits per heavy atom. The molecule has 1 atom stereocenters. The number of nitrogens with zero attached hydrogens (tertiary/aromatic N) is 2. The fourth-order valence-corrected chi connectivity index (χ4v) is 3.69. The largest absolute Gasteiger partial charge is 0.493 e. The van der Waals surface area contributed by atoms with Crippen LogP contribution in [0.2, 0.25) is 0 Å². The van der Waals surface area contributed by atoms with Gasteiger partial charge in [0, 0.05) is 43.6 Å².